The molecule has 0 amide bonds. The van der Waals surface area contributed by atoms with Gasteiger partial charge in [-0.2, -0.15) is 5.26 Å². The molecule has 0 radical (unpaired) electrons. The van der Waals surface area contributed by atoms with Gasteiger partial charge in [0.2, 0.25) is 0 Å². The quantitative estimate of drug-likeness (QED) is 0.766. The summed E-state index contributed by atoms with van der Waals surface area (Å²) in [5, 5.41) is 8.74. The van der Waals surface area contributed by atoms with Crippen LogP contribution < -0.4 is 0 Å². The first-order valence-corrected chi connectivity index (χ1v) is 5.20. The van der Waals surface area contributed by atoms with E-state index in [4.69, 9.17) is 5.26 Å². The zero-order valence-electron chi connectivity index (χ0n) is 9.44. The number of aromatic nitrogens is 2. The molecule has 0 spiro atoms. The standard InChI is InChI=1S/C13H13N3/c1-10-9-12(6-7-14)11(2)16(10)13-5-3-4-8-15-13/h3-5,8-9H,6H2,1-2H3. The highest BCUT2D eigenvalue weighted by atomic mass is 15.1. The summed E-state index contributed by atoms with van der Waals surface area (Å²) in [5.41, 5.74) is 3.28. The lowest BCUT2D eigenvalue weighted by molar-refractivity contribution is 0.915. The van der Waals surface area contributed by atoms with Crippen LogP contribution in [0.5, 0.6) is 0 Å². The van der Waals surface area contributed by atoms with Crippen LogP contribution in [0.25, 0.3) is 5.82 Å². The Balaban J connectivity index is 2.54. The van der Waals surface area contributed by atoms with Crippen LogP contribution in [0.15, 0.2) is 30.5 Å². The van der Waals surface area contributed by atoms with E-state index in [1.54, 1.807) is 6.20 Å². The van der Waals surface area contributed by atoms with Crippen molar-refractivity contribution >= 4 is 0 Å². The van der Waals surface area contributed by atoms with Crippen LogP contribution in [-0.2, 0) is 6.42 Å². The third-order valence-electron chi connectivity index (χ3n) is 2.68. The molecule has 0 atom stereocenters. The van der Waals surface area contributed by atoms with Gasteiger partial charge in [-0.3, -0.25) is 0 Å². The van der Waals surface area contributed by atoms with Gasteiger partial charge in [-0.1, -0.05) is 6.07 Å². The highest BCUT2D eigenvalue weighted by Gasteiger charge is 2.10. The summed E-state index contributed by atoms with van der Waals surface area (Å²) in [6.45, 7) is 4.05. The maximum absolute atomic E-state index is 8.74. The number of pyridine rings is 1. The SMILES string of the molecule is Cc1cc(CC#N)c(C)n1-c1ccccn1. The Hall–Kier alpha value is -2.08. The van der Waals surface area contributed by atoms with Crippen LogP contribution in [0.1, 0.15) is 17.0 Å². The third kappa shape index (κ3) is 1.70. The predicted octanol–water partition coefficient (Wildman–Crippen LogP) is 2.56. The van der Waals surface area contributed by atoms with Crippen LogP contribution in [-0.4, -0.2) is 9.55 Å². The van der Waals surface area contributed by atoms with Gasteiger partial charge in [0.25, 0.3) is 0 Å². The number of rotatable bonds is 2. The molecular formula is C13H13N3. The van der Waals surface area contributed by atoms with Gasteiger partial charge < -0.3 is 4.57 Å². The van der Waals surface area contributed by atoms with E-state index in [0.717, 1.165) is 22.8 Å². The Bertz CT molecular complexity index is 532. The van der Waals surface area contributed by atoms with Crippen molar-refractivity contribution in [2.45, 2.75) is 20.3 Å². The van der Waals surface area contributed by atoms with E-state index in [2.05, 4.69) is 15.6 Å². The van der Waals surface area contributed by atoms with Crippen molar-refractivity contribution in [3.05, 3.63) is 47.4 Å². The zero-order chi connectivity index (χ0) is 11.5. The number of nitrogens with zero attached hydrogens (tertiary/aromatic N) is 3. The van der Waals surface area contributed by atoms with Gasteiger partial charge in [0.15, 0.2) is 0 Å². The summed E-state index contributed by atoms with van der Waals surface area (Å²) in [7, 11) is 0. The first kappa shape index (κ1) is 10.4. The van der Waals surface area contributed by atoms with Gasteiger partial charge >= 0.3 is 0 Å². The average Bonchev–Trinajstić information content (AvgIpc) is 2.56. The molecule has 0 saturated carbocycles. The van der Waals surface area contributed by atoms with Crippen molar-refractivity contribution in [2.75, 3.05) is 0 Å². The molecule has 2 aromatic rings. The molecule has 0 bridgehead atoms. The van der Waals surface area contributed by atoms with E-state index < -0.39 is 0 Å². The fraction of sp³-hybridized carbons (Fsp3) is 0.231. The molecule has 0 N–H and O–H groups in total. The number of aryl methyl sites for hydroxylation is 1. The molecular weight excluding hydrogens is 198 g/mol. The van der Waals surface area contributed by atoms with Crippen molar-refractivity contribution in [1.82, 2.24) is 9.55 Å². The van der Waals surface area contributed by atoms with E-state index in [1.165, 1.54) is 0 Å². The number of hydrogen-bond donors (Lipinski definition) is 0. The Morgan fingerprint density at radius 1 is 1.38 bits per heavy atom. The summed E-state index contributed by atoms with van der Waals surface area (Å²) >= 11 is 0. The Kier molecular flexibility index (Phi) is 2.74. The molecule has 0 unspecified atom stereocenters. The Labute approximate surface area is 95.0 Å². The van der Waals surface area contributed by atoms with E-state index in [-0.39, 0.29) is 0 Å². The first-order chi connectivity index (χ1) is 7.74. The molecule has 0 fully saturated rings. The van der Waals surface area contributed by atoms with Gasteiger partial charge in [-0.15, -0.1) is 0 Å². The van der Waals surface area contributed by atoms with Crippen molar-refractivity contribution < 1.29 is 0 Å². The molecule has 3 nitrogen and oxygen atoms in total. The number of hydrogen-bond acceptors (Lipinski definition) is 2. The lowest BCUT2D eigenvalue weighted by Crippen LogP contribution is -2.01. The van der Waals surface area contributed by atoms with Crippen LogP contribution >= 0.6 is 0 Å². The summed E-state index contributed by atoms with van der Waals surface area (Å²) in [4.78, 5) is 4.32. The highest BCUT2D eigenvalue weighted by Crippen LogP contribution is 2.19. The molecule has 0 saturated heterocycles. The van der Waals surface area contributed by atoms with E-state index in [1.807, 2.05) is 38.1 Å². The predicted molar refractivity (Wildman–Crippen MR) is 62.4 cm³/mol. The largest absolute Gasteiger partial charge is 0.303 e. The maximum Gasteiger partial charge on any atom is 0.136 e. The maximum atomic E-state index is 8.74. The van der Waals surface area contributed by atoms with Crippen LogP contribution in [0.3, 0.4) is 0 Å². The summed E-state index contributed by atoms with van der Waals surface area (Å²) < 4.78 is 2.08. The summed E-state index contributed by atoms with van der Waals surface area (Å²) in [6.07, 6.45) is 2.23. The molecule has 0 aromatic carbocycles. The molecule has 2 heterocycles. The smallest absolute Gasteiger partial charge is 0.136 e. The normalized spacial score (nSPS) is 10.1. The van der Waals surface area contributed by atoms with E-state index in [0.29, 0.717) is 6.42 Å². The van der Waals surface area contributed by atoms with Crippen LogP contribution in [0.4, 0.5) is 0 Å². The summed E-state index contributed by atoms with van der Waals surface area (Å²) in [6, 6.07) is 10.1. The third-order valence-corrected chi connectivity index (χ3v) is 2.68. The van der Waals surface area contributed by atoms with Gasteiger partial charge in [-0.05, 0) is 37.6 Å². The second kappa shape index (κ2) is 4.19. The fourth-order valence-corrected chi connectivity index (χ4v) is 1.93. The van der Waals surface area contributed by atoms with Gasteiger partial charge in [0.1, 0.15) is 5.82 Å². The second-order valence-electron chi connectivity index (χ2n) is 3.75. The van der Waals surface area contributed by atoms with Crippen molar-refractivity contribution in [2.24, 2.45) is 0 Å². The van der Waals surface area contributed by atoms with E-state index in [9.17, 15) is 0 Å². The lowest BCUT2D eigenvalue weighted by Gasteiger charge is -2.07. The molecule has 16 heavy (non-hydrogen) atoms. The molecule has 0 aliphatic heterocycles. The summed E-state index contributed by atoms with van der Waals surface area (Å²) in [5.74, 6) is 0.904. The van der Waals surface area contributed by atoms with Crippen molar-refractivity contribution in [3.63, 3.8) is 0 Å². The van der Waals surface area contributed by atoms with Crippen LogP contribution in [0.2, 0.25) is 0 Å². The van der Waals surface area contributed by atoms with Gasteiger partial charge in [0.05, 0.1) is 12.5 Å². The molecule has 2 aromatic heterocycles. The van der Waals surface area contributed by atoms with Crippen molar-refractivity contribution in [1.29, 1.82) is 5.26 Å². The van der Waals surface area contributed by atoms with Crippen LogP contribution in [0, 0.1) is 25.2 Å². The molecule has 2 rings (SSSR count). The highest BCUT2D eigenvalue weighted by molar-refractivity contribution is 5.37. The van der Waals surface area contributed by atoms with Crippen molar-refractivity contribution in [3.8, 4) is 11.9 Å². The molecule has 0 aliphatic carbocycles. The topological polar surface area (TPSA) is 41.6 Å². The second-order valence-corrected chi connectivity index (χ2v) is 3.75. The fourth-order valence-electron chi connectivity index (χ4n) is 1.93. The first-order valence-electron chi connectivity index (χ1n) is 5.20. The van der Waals surface area contributed by atoms with E-state index >= 15 is 0 Å². The molecule has 3 heteroatoms. The zero-order valence-corrected chi connectivity index (χ0v) is 9.44. The minimum absolute atomic E-state index is 0.451. The average molecular weight is 211 g/mol. The monoisotopic (exact) mass is 211 g/mol. The Morgan fingerprint density at radius 2 is 2.19 bits per heavy atom. The van der Waals surface area contributed by atoms with Gasteiger partial charge in [0, 0.05) is 17.6 Å². The number of nitriles is 1. The molecule has 80 valence electrons. The minimum atomic E-state index is 0.451. The lowest BCUT2D eigenvalue weighted by atomic mass is 10.2. The Morgan fingerprint density at radius 3 is 2.81 bits per heavy atom. The van der Waals surface area contributed by atoms with Gasteiger partial charge in [-0.25, -0.2) is 4.98 Å². The molecule has 0 aliphatic rings. The minimum Gasteiger partial charge on any atom is -0.303 e.